The average molecular weight is 354 g/mol. The van der Waals surface area contributed by atoms with Crippen LogP contribution in [0.1, 0.15) is 85.0 Å². The van der Waals surface area contributed by atoms with Crippen LogP contribution in [0.2, 0.25) is 0 Å². The predicted molar refractivity (Wildman–Crippen MR) is 104 cm³/mol. The molecule has 0 bridgehead atoms. The van der Waals surface area contributed by atoms with Crippen molar-refractivity contribution in [2.24, 2.45) is 0 Å². The third kappa shape index (κ3) is 5.60. The molecule has 25 heavy (non-hydrogen) atoms. The smallest absolute Gasteiger partial charge is 0.410 e. The van der Waals surface area contributed by atoms with E-state index in [1.807, 2.05) is 0 Å². The van der Waals surface area contributed by atoms with Crippen molar-refractivity contribution in [1.29, 1.82) is 0 Å². The summed E-state index contributed by atoms with van der Waals surface area (Å²) < 4.78 is 6.88. The fourth-order valence-electron chi connectivity index (χ4n) is 4.86. The minimum atomic E-state index is -0.0276. The number of ether oxygens (including phenoxy) is 1. The third-order valence-corrected chi connectivity index (χ3v) is 6.95. The van der Waals surface area contributed by atoms with Gasteiger partial charge in [-0.1, -0.05) is 38.5 Å². The van der Waals surface area contributed by atoms with E-state index in [0.717, 1.165) is 30.7 Å². The maximum Gasteiger partial charge on any atom is 0.410 e. The molecule has 0 atom stereocenters. The molecule has 0 saturated heterocycles. The summed E-state index contributed by atoms with van der Waals surface area (Å²) in [5.74, 6) is 0. The Hall–Kier alpha value is -0.770. The van der Waals surface area contributed by atoms with E-state index in [-0.39, 0.29) is 6.09 Å². The van der Waals surface area contributed by atoms with Crippen molar-refractivity contribution >= 4 is 6.09 Å². The van der Waals surface area contributed by atoms with Gasteiger partial charge in [-0.2, -0.15) is 0 Å². The van der Waals surface area contributed by atoms with E-state index >= 15 is 0 Å². The van der Waals surface area contributed by atoms with Gasteiger partial charge >= 0.3 is 6.09 Å². The summed E-state index contributed by atoms with van der Waals surface area (Å²) in [7, 11) is 0. The van der Waals surface area contributed by atoms with Crippen LogP contribution in [0.4, 0.5) is 4.79 Å². The van der Waals surface area contributed by atoms with E-state index in [2.05, 4.69) is 25.7 Å². The zero-order valence-electron chi connectivity index (χ0n) is 17.0. The Balaban J connectivity index is 1.94. The molecule has 2 rings (SSSR count). The summed E-state index contributed by atoms with van der Waals surface area (Å²) in [6.07, 6.45) is 12.4. The molecule has 0 N–H and O–H groups in total. The summed E-state index contributed by atoms with van der Waals surface area (Å²) in [5.41, 5.74) is 0. The number of quaternary nitrogens is 1. The van der Waals surface area contributed by atoms with Crippen LogP contribution in [-0.4, -0.2) is 60.3 Å². The summed E-state index contributed by atoms with van der Waals surface area (Å²) in [6, 6.07) is 0.847. The number of amides is 1. The lowest BCUT2D eigenvalue weighted by Gasteiger charge is -2.41. The molecule has 2 aliphatic carbocycles. The van der Waals surface area contributed by atoms with Gasteiger partial charge in [0.05, 0.1) is 19.6 Å². The fraction of sp³-hybridized carbons (Fsp3) is 0.952. The molecule has 1 amide bonds. The first-order valence-electron chi connectivity index (χ1n) is 11.0. The van der Waals surface area contributed by atoms with Crippen LogP contribution < -0.4 is 0 Å². The normalized spacial score (nSPS) is 20.4. The number of hydrogen-bond acceptors (Lipinski definition) is 2. The molecule has 0 unspecified atom stereocenters. The van der Waals surface area contributed by atoms with Crippen molar-refractivity contribution < 1.29 is 14.0 Å². The van der Waals surface area contributed by atoms with Crippen molar-refractivity contribution in [1.82, 2.24) is 4.90 Å². The highest BCUT2D eigenvalue weighted by molar-refractivity contribution is 5.68. The Morgan fingerprint density at radius 1 is 0.840 bits per heavy atom. The summed E-state index contributed by atoms with van der Waals surface area (Å²) in [6.45, 7) is 11.6. The van der Waals surface area contributed by atoms with E-state index in [1.165, 1.54) is 64.2 Å². The van der Waals surface area contributed by atoms with Gasteiger partial charge in [-0.3, -0.25) is 0 Å². The van der Waals surface area contributed by atoms with Gasteiger partial charge in [-0.25, -0.2) is 4.79 Å². The first kappa shape index (κ1) is 20.5. The second-order valence-corrected chi connectivity index (χ2v) is 8.12. The third-order valence-electron chi connectivity index (χ3n) is 6.95. The second-order valence-electron chi connectivity index (χ2n) is 8.12. The highest BCUT2D eigenvalue weighted by Crippen LogP contribution is 2.30. The number of rotatable bonds is 8. The minimum absolute atomic E-state index is 0.0276. The molecule has 0 spiro atoms. The molecule has 0 aromatic heterocycles. The van der Waals surface area contributed by atoms with E-state index in [1.54, 1.807) is 0 Å². The summed E-state index contributed by atoms with van der Waals surface area (Å²) in [4.78, 5) is 15.2. The van der Waals surface area contributed by atoms with Crippen LogP contribution in [0.15, 0.2) is 0 Å². The SMILES string of the molecule is CC[N+](CC)(CC)CCOC(=O)N(C1CCCCC1)C1CCCCC1. The molecule has 4 nitrogen and oxygen atoms in total. The van der Waals surface area contributed by atoms with Gasteiger partial charge < -0.3 is 14.1 Å². The van der Waals surface area contributed by atoms with Crippen LogP contribution in [-0.2, 0) is 4.74 Å². The largest absolute Gasteiger partial charge is 0.443 e. The van der Waals surface area contributed by atoms with Gasteiger partial charge in [0.2, 0.25) is 0 Å². The molecular formula is C21H41N2O2+. The highest BCUT2D eigenvalue weighted by atomic mass is 16.6. The number of hydrogen-bond donors (Lipinski definition) is 0. The van der Waals surface area contributed by atoms with Crippen LogP contribution in [0, 0.1) is 0 Å². The summed E-state index contributed by atoms with van der Waals surface area (Å²) in [5, 5.41) is 0. The Labute approximate surface area is 155 Å². The quantitative estimate of drug-likeness (QED) is 0.577. The van der Waals surface area contributed by atoms with Gasteiger partial charge in [-0.15, -0.1) is 0 Å². The van der Waals surface area contributed by atoms with Gasteiger partial charge in [-0.05, 0) is 46.5 Å². The number of carbonyl (C=O) groups excluding carboxylic acids is 1. The second kappa shape index (κ2) is 10.4. The highest BCUT2D eigenvalue weighted by Gasteiger charge is 2.34. The maximum atomic E-state index is 13.0. The molecule has 2 fully saturated rings. The number of carbonyl (C=O) groups is 1. The molecule has 0 radical (unpaired) electrons. The molecule has 4 heteroatoms. The van der Waals surface area contributed by atoms with Crippen molar-refractivity contribution in [3.8, 4) is 0 Å². The Morgan fingerprint density at radius 2 is 1.28 bits per heavy atom. The monoisotopic (exact) mass is 353 g/mol. The molecular weight excluding hydrogens is 312 g/mol. The first-order valence-corrected chi connectivity index (χ1v) is 11.0. The van der Waals surface area contributed by atoms with Crippen molar-refractivity contribution in [3.63, 3.8) is 0 Å². The molecule has 2 saturated carbocycles. The molecule has 2 aliphatic rings. The molecule has 146 valence electrons. The zero-order chi connectivity index (χ0) is 18.1. The molecule has 0 heterocycles. The number of nitrogens with zero attached hydrogens (tertiary/aromatic N) is 2. The molecule has 0 aromatic rings. The van der Waals surface area contributed by atoms with Crippen molar-refractivity contribution in [3.05, 3.63) is 0 Å². The Kier molecular flexibility index (Phi) is 8.54. The maximum absolute atomic E-state index is 13.0. The van der Waals surface area contributed by atoms with Gasteiger partial charge in [0.1, 0.15) is 13.2 Å². The van der Waals surface area contributed by atoms with E-state index in [4.69, 9.17) is 4.74 Å². The van der Waals surface area contributed by atoms with Gasteiger partial charge in [0, 0.05) is 12.1 Å². The fourth-order valence-corrected chi connectivity index (χ4v) is 4.86. The van der Waals surface area contributed by atoms with Crippen LogP contribution >= 0.6 is 0 Å². The topological polar surface area (TPSA) is 29.5 Å². The first-order chi connectivity index (χ1) is 12.2. The average Bonchev–Trinajstić information content (AvgIpc) is 2.68. The van der Waals surface area contributed by atoms with E-state index in [0.29, 0.717) is 18.7 Å². The van der Waals surface area contributed by atoms with Crippen LogP contribution in [0.3, 0.4) is 0 Å². The Bertz CT molecular complexity index is 357. The van der Waals surface area contributed by atoms with Crippen LogP contribution in [0.25, 0.3) is 0 Å². The van der Waals surface area contributed by atoms with E-state index < -0.39 is 0 Å². The summed E-state index contributed by atoms with van der Waals surface area (Å²) >= 11 is 0. The lowest BCUT2D eigenvalue weighted by molar-refractivity contribution is -0.923. The molecule has 0 aliphatic heterocycles. The van der Waals surface area contributed by atoms with Crippen molar-refractivity contribution in [2.45, 2.75) is 97.1 Å². The van der Waals surface area contributed by atoms with Crippen molar-refractivity contribution in [2.75, 3.05) is 32.8 Å². The number of likely N-dealkylation sites (N-methyl/N-ethyl adjacent to an activating group) is 1. The zero-order valence-corrected chi connectivity index (χ0v) is 17.0. The van der Waals surface area contributed by atoms with E-state index in [9.17, 15) is 4.79 Å². The molecule has 0 aromatic carbocycles. The minimum Gasteiger partial charge on any atom is -0.443 e. The Morgan fingerprint density at radius 3 is 1.68 bits per heavy atom. The predicted octanol–water partition coefficient (Wildman–Crippen LogP) is 4.97. The van der Waals surface area contributed by atoms with Gasteiger partial charge in [0.25, 0.3) is 0 Å². The van der Waals surface area contributed by atoms with Gasteiger partial charge in [0.15, 0.2) is 0 Å². The standard InChI is InChI=1S/C21H41N2O2/c1-4-23(5-2,6-3)17-18-25-21(24)22(19-13-9-7-10-14-19)20-15-11-8-12-16-20/h19-20H,4-18H2,1-3H3/q+1. The van der Waals surface area contributed by atoms with Crippen LogP contribution in [0.5, 0.6) is 0 Å². The lowest BCUT2D eigenvalue weighted by atomic mass is 9.89. The lowest BCUT2D eigenvalue weighted by Crippen LogP contribution is -2.52.